The monoisotopic (exact) mass is 417 g/mol. The Balaban J connectivity index is 2.03. The van der Waals surface area contributed by atoms with Gasteiger partial charge in [-0.2, -0.15) is 18.2 Å². The molecular formula is C19H11ClF3N5O. The Morgan fingerprint density at radius 3 is 2.38 bits per heavy atom. The van der Waals surface area contributed by atoms with Gasteiger partial charge in [0.25, 0.3) is 0 Å². The van der Waals surface area contributed by atoms with Gasteiger partial charge in [0.15, 0.2) is 5.65 Å². The van der Waals surface area contributed by atoms with E-state index in [4.69, 9.17) is 11.6 Å². The lowest BCUT2D eigenvalue weighted by Crippen LogP contribution is -2.24. The van der Waals surface area contributed by atoms with Gasteiger partial charge in [0.05, 0.1) is 16.1 Å². The quantitative estimate of drug-likeness (QED) is 0.527. The SMILES string of the molecule is O=c1nc(Nc2ccncc2)c2ccc(C(F)(F)F)nc2n1-c1ccccc1Cl. The molecule has 0 fully saturated rings. The highest BCUT2D eigenvalue weighted by Crippen LogP contribution is 2.32. The normalized spacial score (nSPS) is 11.6. The number of nitrogens with one attached hydrogen (secondary N) is 1. The van der Waals surface area contributed by atoms with E-state index in [1.165, 1.54) is 30.6 Å². The summed E-state index contributed by atoms with van der Waals surface area (Å²) in [5.74, 6) is 0.0701. The third kappa shape index (κ3) is 3.64. The highest BCUT2D eigenvalue weighted by Gasteiger charge is 2.33. The molecule has 1 N–H and O–H groups in total. The van der Waals surface area contributed by atoms with Gasteiger partial charge >= 0.3 is 11.9 Å². The van der Waals surface area contributed by atoms with E-state index in [0.717, 1.165) is 10.6 Å². The number of rotatable bonds is 3. The molecule has 29 heavy (non-hydrogen) atoms. The maximum absolute atomic E-state index is 13.3. The van der Waals surface area contributed by atoms with Crippen LogP contribution in [-0.4, -0.2) is 19.5 Å². The van der Waals surface area contributed by atoms with E-state index in [-0.39, 0.29) is 27.6 Å². The number of para-hydroxylation sites is 1. The van der Waals surface area contributed by atoms with Crippen LogP contribution in [0.5, 0.6) is 0 Å². The van der Waals surface area contributed by atoms with Gasteiger partial charge in [-0.1, -0.05) is 23.7 Å². The smallest absolute Gasteiger partial charge is 0.339 e. The number of fused-ring (bicyclic) bond motifs is 1. The summed E-state index contributed by atoms with van der Waals surface area (Å²) in [6, 6.07) is 11.6. The molecule has 10 heteroatoms. The molecule has 0 unspecified atom stereocenters. The van der Waals surface area contributed by atoms with Gasteiger partial charge in [-0.25, -0.2) is 14.3 Å². The second-order valence-corrected chi connectivity index (χ2v) is 6.36. The minimum atomic E-state index is -4.68. The molecule has 0 radical (unpaired) electrons. The molecular weight excluding hydrogens is 407 g/mol. The van der Waals surface area contributed by atoms with Crippen molar-refractivity contribution in [2.75, 3.05) is 5.32 Å². The predicted octanol–water partition coefficient (Wildman–Crippen LogP) is 4.59. The second kappa shape index (κ2) is 7.17. The Labute approximate surface area is 166 Å². The number of pyridine rings is 2. The van der Waals surface area contributed by atoms with Crippen LogP contribution in [0.2, 0.25) is 5.02 Å². The largest absolute Gasteiger partial charge is 0.433 e. The summed E-state index contributed by atoms with van der Waals surface area (Å²) in [7, 11) is 0. The number of aromatic nitrogens is 4. The lowest BCUT2D eigenvalue weighted by atomic mass is 10.2. The van der Waals surface area contributed by atoms with Crippen molar-refractivity contribution in [1.29, 1.82) is 0 Å². The Kier molecular flexibility index (Phi) is 4.67. The molecule has 0 aliphatic heterocycles. The van der Waals surface area contributed by atoms with Gasteiger partial charge in [-0.3, -0.25) is 4.98 Å². The van der Waals surface area contributed by atoms with Gasteiger partial charge in [0.1, 0.15) is 11.5 Å². The number of anilines is 2. The van der Waals surface area contributed by atoms with E-state index in [9.17, 15) is 18.0 Å². The number of benzene rings is 1. The van der Waals surface area contributed by atoms with Crippen LogP contribution in [-0.2, 0) is 6.18 Å². The van der Waals surface area contributed by atoms with Crippen LogP contribution >= 0.6 is 11.6 Å². The van der Waals surface area contributed by atoms with E-state index in [0.29, 0.717) is 5.69 Å². The van der Waals surface area contributed by atoms with E-state index in [1.807, 2.05) is 0 Å². The molecule has 0 saturated heterocycles. The topological polar surface area (TPSA) is 72.7 Å². The fourth-order valence-electron chi connectivity index (χ4n) is 2.78. The summed E-state index contributed by atoms with van der Waals surface area (Å²) in [6.45, 7) is 0. The molecule has 0 saturated carbocycles. The number of halogens is 4. The van der Waals surface area contributed by atoms with Crippen molar-refractivity contribution >= 4 is 34.1 Å². The van der Waals surface area contributed by atoms with Crippen molar-refractivity contribution in [1.82, 2.24) is 19.5 Å². The first-order chi connectivity index (χ1) is 13.8. The molecule has 6 nitrogen and oxygen atoms in total. The van der Waals surface area contributed by atoms with Gasteiger partial charge in [-0.05, 0) is 36.4 Å². The second-order valence-electron chi connectivity index (χ2n) is 5.96. The van der Waals surface area contributed by atoms with Crippen LogP contribution in [0.1, 0.15) is 5.69 Å². The molecule has 4 aromatic rings. The first-order valence-electron chi connectivity index (χ1n) is 8.27. The van der Waals surface area contributed by atoms with Crippen molar-refractivity contribution in [3.8, 4) is 5.69 Å². The highest BCUT2D eigenvalue weighted by atomic mass is 35.5. The summed E-state index contributed by atoms with van der Waals surface area (Å²) >= 11 is 6.17. The molecule has 3 aromatic heterocycles. The molecule has 146 valence electrons. The molecule has 3 heterocycles. The highest BCUT2D eigenvalue weighted by molar-refractivity contribution is 6.32. The Bertz CT molecular complexity index is 1260. The summed E-state index contributed by atoms with van der Waals surface area (Å²) in [4.78, 5) is 24.4. The minimum absolute atomic E-state index is 0.0701. The molecule has 0 atom stereocenters. The molecule has 4 rings (SSSR count). The van der Waals surface area contributed by atoms with Crippen LogP contribution in [0.3, 0.4) is 0 Å². The van der Waals surface area contributed by atoms with Gasteiger partial charge in [-0.15, -0.1) is 0 Å². The molecule has 1 aromatic carbocycles. The Morgan fingerprint density at radius 1 is 0.966 bits per heavy atom. The third-order valence-corrected chi connectivity index (χ3v) is 4.39. The van der Waals surface area contributed by atoms with Gasteiger partial charge < -0.3 is 5.32 Å². The van der Waals surface area contributed by atoms with E-state index in [1.54, 1.807) is 24.3 Å². The first kappa shape index (κ1) is 18.9. The number of alkyl halides is 3. The summed E-state index contributed by atoms with van der Waals surface area (Å²) in [5, 5.41) is 3.31. The van der Waals surface area contributed by atoms with E-state index < -0.39 is 17.6 Å². The number of hydrogen-bond donors (Lipinski definition) is 1. The number of nitrogens with zero attached hydrogens (tertiary/aromatic N) is 4. The molecule has 0 aliphatic carbocycles. The molecule has 0 bridgehead atoms. The van der Waals surface area contributed by atoms with Gasteiger partial charge in [0, 0.05) is 18.1 Å². The van der Waals surface area contributed by atoms with Crippen molar-refractivity contribution in [2.45, 2.75) is 6.18 Å². The molecule has 0 aliphatic rings. The zero-order valence-electron chi connectivity index (χ0n) is 14.5. The average molecular weight is 418 g/mol. The fraction of sp³-hybridized carbons (Fsp3) is 0.0526. The fourth-order valence-corrected chi connectivity index (χ4v) is 3.00. The van der Waals surface area contributed by atoms with Crippen molar-refractivity contribution in [2.24, 2.45) is 0 Å². The Hall–Kier alpha value is -3.46. The summed E-state index contributed by atoms with van der Waals surface area (Å²) < 4.78 is 40.8. The van der Waals surface area contributed by atoms with Crippen LogP contribution < -0.4 is 11.0 Å². The standard InChI is InChI=1S/C19H11ClF3N5O/c20-13-3-1-2-4-14(13)28-17-12(5-6-15(26-17)19(21,22)23)16(27-18(28)29)25-11-7-9-24-10-8-11/h1-10H,(H,24,25,27,29). The Morgan fingerprint density at radius 2 is 1.69 bits per heavy atom. The first-order valence-corrected chi connectivity index (χ1v) is 8.65. The zero-order chi connectivity index (χ0) is 20.6. The maximum Gasteiger partial charge on any atom is 0.433 e. The van der Waals surface area contributed by atoms with Crippen molar-refractivity contribution in [3.05, 3.63) is 82.1 Å². The van der Waals surface area contributed by atoms with Crippen LogP contribution in [0.25, 0.3) is 16.7 Å². The number of hydrogen-bond acceptors (Lipinski definition) is 5. The van der Waals surface area contributed by atoms with Crippen LogP contribution in [0.15, 0.2) is 65.7 Å². The van der Waals surface area contributed by atoms with Crippen molar-refractivity contribution < 1.29 is 13.2 Å². The van der Waals surface area contributed by atoms with Crippen molar-refractivity contribution in [3.63, 3.8) is 0 Å². The van der Waals surface area contributed by atoms with Crippen LogP contribution in [0.4, 0.5) is 24.7 Å². The zero-order valence-corrected chi connectivity index (χ0v) is 15.2. The molecule has 0 amide bonds. The van der Waals surface area contributed by atoms with E-state index >= 15 is 0 Å². The average Bonchev–Trinajstić information content (AvgIpc) is 2.69. The summed E-state index contributed by atoms with van der Waals surface area (Å²) in [5.41, 5.74) is -1.44. The summed E-state index contributed by atoms with van der Waals surface area (Å²) in [6.07, 6.45) is -1.64. The van der Waals surface area contributed by atoms with Crippen LogP contribution in [0, 0.1) is 0 Å². The lowest BCUT2D eigenvalue weighted by Gasteiger charge is -2.15. The van der Waals surface area contributed by atoms with E-state index in [2.05, 4.69) is 20.3 Å². The maximum atomic E-state index is 13.3. The molecule has 0 spiro atoms. The lowest BCUT2D eigenvalue weighted by molar-refractivity contribution is -0.141. The van der Waals surface area contributed by atoms with Gasteiger partial charge in [0.2, 0.25) is 0 Å². The minimum Gasteiger partial charge on any atom is -0.339 e. The predicted molar refractivity (Wildman–Crippen MR) is 103 cm³/mol. The third-order valence-electron chi connectivity index (χ3n) is 4.07.